The molecular formula is C9H16N2O2. The highest BCUT2D eigenvalue weighted by Gasteiger charge is 2.33. The van der Waals surface area contributed by atoms with Gasteiger partial charge in [0.15, 0.2) is 0 Å². The van der Waals surface area contributed by atoms with Gasteiger partial charge in [0.1, 0.15) is 0 Å². The van der Waals surface area contributed by atoms with Crippen LogP contribution < -0.4 is 5.32 Å². The third kappa shape index (κ3) is 2.00. The van der Waals surface area contributed by atoms with E-state index in [-0.39, 0.29) is 18.1 Å². The minimum Gasteiger partial charge on any atom is -0.373 e. The first-order valence-corrected chi connectivity index (χ1v) is 4.87. The number of morpholine rings is 1. The van der Waals surface area contributed by atoms with E-state index in [0.717, 1.165) is 32.7 Å². The number of fused-ring (bicyclic) bond motifs is 2. The van der Waals surface area contributed by atoms with Crippen LogP contribution in [0.1, 0.15) is 13.3 Å². The normalized spacial score (nSPS) is 38.4. The Morgan fingerprint density at radius 1 is 1.54 bits per heavy atom. The zero-order valence-corrected chi connectivity index (χ0v) is 7.95. The Kier molecular flexibility index (Phi) is 2.51. The molecule has 1 amide bonds. The molecule has 0 aromatic carbocycles. The molecule has 2 bridgehead atoms. The lowest BCUT2D eigenvalue weighted by Crippen LogP contribution is -2.58. The summed E-state index contributed by atoms with van der Waals surface area (Å²) in [4.78, 5) is 13.3. The molecule has 4 heteroatoms. The van der Waals surface area contributed by atoms with Gasteiger partial charge in [0, 0.05) is 26.6 Å². The van der Waals surface area contributed by atoms with Gasteiger partial charge in [-0.2, -0.15) is 0 Å². The number of rotatable bonds is 1. The zero-order valence-electron chi connectivity index (χ0n) is 7.95. The molecule has 3 atom stereocenters. The Hall–Kier alpha value is -0.610. The van der Waals surface area contributed by atoms with E-state index in [1.165, 1.54) is 0 Å². The highest BCUT2D eigenvalue weighted by molar-refractivity contribution is 5.73. The van der Waals surface area contributed by atoms with Crippen LogP contribution in [0.3, 0.4) is 0 Å². The van der Waals surface area contributed by atoms with Crippen molar-refractivity contribution in [3.05, 3.63) is 0 Å². The van der Waals surface area contributed by atoms with Crippen LogP contribution in [-0.4, -0.2) is 49.2 Å². The van der Waals surface area contributed by atoms with Gasteiger partial charge in [-0.1, -0.05) is 0 Å². The van der Waals surface area contributed by atoms with Crippen molar-refractivity contribution in [3.63, 3.8) is 0 Å². The molecule has 0 aromatic heterocycles. The molecule has 2 aliphatic rings. The van der Waals surface area contributed by atoms with Crippen LogP contribution in [0.15, 0.2) is 0 Å². The second-order valence-corrected chi connectivity index (χ2v) is 3.81. The van der Waals surface area contributed by atoms with Crippen molar-refractivity contribution in [2.75, 3.05) is 26.2 Å². The third-order valence-electron chi connectivity index (χ3n) is 2.77. The molecule has 0 spiro atoms. The molecule has 0 aromatic rings. The molecule has 4 nitrogen and oxygen atoms in total. The van der Waals surface area contributed by atoms with E-state index in [1.807, 2.05) is 0 Å². The van der Waals surface area contributed by atoms with Gasteiger partial charge in [0.25, 0.3) is 0 Å². The molecule has 2 aliphatic heterocycles. The van der Waals surface area contributed by atoms with E-state index in [2.05, 4.69) is 10.2 Å². The van der Waals surface area contributed by atoms with Crippen LogP contribution >= 0.6 is 0 Å². The molecule has 1 N–H and O–H groups in total. The Morgan fingerprint density at radius 3 is 3.15 bits per heavy atom. The summed E-state index contributed by atoms with van der Waals surface area (Å²) >= 11 is 0. The number of hydrogen-bond donors (Lipinski definition) is 1. The number of amides is 1. The maximum absolute atomic E-state index is 10.9. The SMILES string of the molecule is CC(=O)NC1CCN2CCOC1C2. The molecule has 0 radical (unpaired) electrons. The monoisotopic (exact) mass is 184 g/mol. The number of nitrogens with one attached hydrogen (secondary N) is 1. The van der Waals surface area contributed by atoms with E-state index in [9.17, 15) is 4.79 Å². The number of piperidine rings is 1. The van der Waals surface area contributed by atoms with Crippen LogP contribution in [0.5, 0.6) is 0 Å². The number of hydrogen-bond acceptors (Lipinski definition) is 3. The lowest BCUT2D eigenvalue weighted by Gasteiger charge is -2.42. The van der Waals surface area contributed by atoms with Crippen molar-refractivity contribution in [2.45, 2.75) is 25.5 Å². The summed E-state index contributed by atoms with van der Waals surface area (Å²) in [6.07, 6.45) is 1.23. The molecule has 2 fully saturated rings. The van der Waals surface area contributed by atoms with Gasteiger partial charge < -0.3 is 10.1 Å². The van der Waals surface area contributed by atoms with Gasteiger partial charge in [-0.25, -0.2) is 0 Å². The molecule has 2 heterocycles. The summed E-state index contributed by atoms with van der Waals surface area (Å²) in [5.74, 6) is 0.0487. The summed E-state index contributed by atoms with van der Waals surface area (Å²) in [5.41, 5.74) is 0. The highest BCUT2D eigenvalue weighted by Crippen LogP contribution is 2.17. The molecule has 0 aliphatic carbocycles. The summed E-state index contributed by atoms with van der Waals surface area (Å²) < 4.78 is 5.61. The molecular weight excluding hydrogens is 168 g/mol. The van der Waals surface area contributed by atoms with Crippen molar-refractivity contribution in [3.8, 4) is 0 Å². The minimum atomic E-state index is 0.0487. The minimum absolute atomic E-state index is 0.0487. The van der Waals surface area contributed by atoms with Crippen molar-refractivity contribution in [2.24, 2.45) is 0 Å². The van der Waals surface area contributed by atoms with E-state index in [0.29, 0.717) is 0 Å². The summed E-state index contributed by atoms with van der Waals surface area (Å²) in [6.45, 7) is 5.48. The van der Waals surface area contributed by atoms with E-state index < -0.39 is 0 Å². The number of ether oxygens (including phenoxy) is 1. The molecule has 3 unspecified atom stereocenters. The lowest BCUT2D eigenvalue weighted by atomic mass is 10.0. The zero-order chi connectivity index (χ0) is 9.26. The van der Waals surface area contributed by atoms with Crippen molar-refractivity contribution < 1.29 is 9.53 Å². The third-order valence-corrected chi connectivity index (χ3v) is 2.77. The largest absolute Gasteiger partial charge is 0.373 e. The Bertz CT molecular complexity index is 208. The highest BCUT2D eigenvalue weighted by atomic mass is 16.5. The molecule has 2 saturated heterocycles. The van der Waals surface area contributed by atoms with Crippen LogP contribution in [0.2, 0.25) is 0 Å². The fourth-order valence-corrected chi connectivity index (χ4v) is 2.11. The molecule has 74 valence electrons. The second kappa shape index (κ2) is 3.64. The maximum Gasteiger partial charge on any atom is 0.217 e. The van der Waals surface area contributed by atoms with Gasteiger partial charge in [0.2, 0.25) is 5.91 Å². The molecule has 13 heavy (non-hydrogen) atoms. The topological polar surface area (TPSA) is 41.6 Å². The summed E-state index contributed by atoms with van der Waals surface area (Å²) in [6, 6.07) is 0.231. The van der Waals surface area contributed by atoms with Crippen LogP contribution in [-0.2, 0) is 9.53 Å². The first-order valence-electron chi connectivity index (χ1n) is 4.87. The van der Waals surface area contributed by atoms with Crippen LogP contribution in [0, 0.1) is 0 Å². The smallest absolute Gasteiger partial charge is 0.217 e. The van der Waals surface area contributed by atoms with Crippen LogP contribution in [0.4, 0.5) is 0 Å². The van der Waals surface area contributed by atoms with E-state index in [4.69, 9.17) is 4.74 Å². The quantitative estimate of drug-likeness (QED) is 0.602. The summed E-state index contributed by atoms with van der Waals surface area (Å²) in [5, 5.41) is 2.95. The Labute approximate surface area is 78.2 Å². The average molecular weight is 184 g/mol. The van der Waals surface area contributed by atoms with Crippen LogP contribution in [0.25, 0.3) is 0 Å². The molecule has 0 saturated carbocycles. The predicted octanol–water partition coefficient (Wildman–Crippen LogP) is -0.404. The number of carbonyl (C=O) groups is 1. The Morgan fingerprint density at radius 2 is 2.38 bits per heavy atom. The first kappa shape index (κ1) is 8.97. The second-order valence-electron chi connectivity index (χ2n) is 3.81. The van der Waals surface area contributed by atoms with Crippen molar-refractivity contribution in [1.29, 1.82) is 0 Å². The van der Waals surface area contributed by atoms with Gasteiger partial charge in [0.05, 0.1) is 18.8 Å². The number of nitrogens with zero attached hydrogens (tertiary/aromatic N) is 1. The first-order chi connectivity index (χ1) is 6.25. The van der Waals surface area contributed by atoms with Gasteiger partial charge in [-0.05, 0) is 6.42 Å². The van der Waals surface area contributed by atoms with Gasteiger partial charge in [-0.15, -0.1) is 0 Å². The number of carbonyl (C=O) groups excluding carboxylic acids is 1. The standard InChI is InChI=1S/C9H16N2O2/c1-7(12)10-8-2-3-11-4-5-13-9(8)6-11/h8-9H,2-6H2,1H3,(H,10,12). The molecule has 2 rings (SSSR count). The van der Waals surface area contributed by atoms with Gasteiger partial charge >= 0.3 is 0 Å². The predicted molar refractivity (Wildman–Crippen MR) is 48.4 cm³/mol. The van der Waals surface area contributed by atoms with Crippen molar-refractivity contribution >= 4 is 5.91 Å². The lowest BCUT2D eigenvalue weighted by molar-refractivity contribution is -0.124. The van der Waals surface area contributed by atoms with E-state index >= 15 is 0 Å². The van der Waals surface area contributed by atoms with Crippen molar-refractivity contribution in [1.82, 2.24) is 10.2 Å². The maximum atomic E-state index is 10.9. The summed E-state index contributed by atoms with van der Waals surface area (Å²) in [7, 11) is 0. The fourth-order valence-electron chi connectivity index (χ4n) is 2.11. The fraction of sp³-hybridized carbons (Fsp3) is 0.889. The van der Waals surface area contributed by atoms with Gasteiger partial charge in [-0.3, -0.25) is 9.69 Å². The van der Waals surface area contributed by atoms with E-state index in [1.54, 1.807) is 6.92 Å². The average Bonchev–Trinajstić information content (AvgIpc) is 2.10. The Balaban J connectivity index is 1.93.